The molecule has 5 nitrogen and oxygen atoms in total. The first kappa shape index (κ1) is 8.00. The van der Waals surface area contributed by atoms with Gasteiger partial charge in [0, 0.05) is 0 Å². The second-order valence-corrected chi connectivity index (χ2v) is 2.81. The molecule has 0 aliphatic carbocycles. The van der Waals surface area contributed by atoms with E-state index in [2.05, 4.69) is 15.2 Å². The minimum absolute atomic E-state index is 0.241. The summed E-state index contributed by atoms with van der Waals surface area (Å²) in [7, 11) is 0. The molecule has 62 valence electrons. The quantitative estimate of drug-likeness (QED) is 0.559. The highest BCUT2D eigenvalue weighted by Gasteiger charge is 2.22. The van der Waals surface area contributed by atoms with Crippen molar-refractivity contribution in [3.63, 3.8) is 0 Å². The number of rotatable bonds is 2. The number of nitrogens with zero attached hydrogens (tertiary/aromatic N) is 2. The van der Waals surface area contributed by atoms with Crippen LogP contribution < -0.4 is 11.5 Å². The Bertz CT molecular complexity index is 239. The molecule has 0 radical (unpaired) electrons. The number of nitrogens with one attached hydrogen (secondary N) is 1. The molecule has 1 aromatic rings. The van der Waals surface area contributed by atoms with Gasteiger partial charge >= 0.3 is 0 Å². The molecule has 1 rings (SSSR count). The molecular formula is C6H13N5. The molecule has 0 bridgehead atoms. The first-order valence-electron chi connectivity index (χ1n) is 3.53. The monoisotopic (exact) mass is 155 g/mol. The highest BCUT2D eigenvalue weighted by molar-refractivity contribution is 5.16. The molecule has 0 fully saturated rings. The first-order valence-corrected chi connectivity index (χ1v) is 3.53. The Hall–Kier alpha value is -1.10. The van der Waals surface area contributed by atoms with E-state index >= 15 is 0 Å². The van der Waals surface area contributed by atoms with Gasteiger partial charge in [-0.05, 0) is 13.3 Å². The smallest absolute Gasteiger partial charge is 0.239 e. The number of hydrogen-bond acceptors (Lipinski definition) is 4. The topological polar surface area (TPSA) is 93.6 Å². The first-order chi connectivity index (χ1) is 5.06. The average Bonchev–Trinajstić information content (AvgIpc) is 2.36. The lowest BCUT2D eigenvalue weighted by Crippen LogP contribution is -2.33. The van der Waals surface area contributed by atoms with Crippen molar-refractivity contribution in [1.29, 1.82) is 0 Å². The molecule has 0 aliphatic heterocycles. The SMILES string of the molecule is CCC(C)(N)c1nc(N)n[nH]1. The minimum Gasteiger partial charge on any atom is -0.367 e. The molecule has 0 amide bonds. The Morgan fingerprint density at radius 2 is 2.27 bits per heavy atom. The normalized spacial score (nSPS) is 16.3. The van der Waals surface area contributed by atoms with Gasteiger partial charge in [-0.15, -0.1) is 5.10 Å². The Morgan fingerprint density at radius 1 is 1.64 bits per heavy atom. The van der Waals surface area contributed by atoms with Gasteiger partial charge in [-0.2, -0.15) is 4.98 Å². The molecule has 1 atom stereocenters. The summed E-state index contributed by atoms with van der Waals surface area (Å²) in [6, 6.07) is 0. The van der Waals surface area contributed by atoms with Gasteiger partial charge in [0.15, 0.2) is 0 Å². The fourth-order valence-corrected chi connectivity index (χ4v) is 0.698. The molecule has 11 heavy (non-hydrogen) atoms. The Kier molecular flexibility index (Phi) is 1.82. The van der Waals surface area contributed by atoms with Crippen molar-refractivity contribution in [2.75, 3.05) is 5.73 Å². The zero-order valence-electron chi connectivity index (χ0n) is 6.76. The van der Waals surface area contributed by atoms with E-state index in [0.717, 1.165) is 6.42 Å². The Balaban J connectivity index is 2.92. The van der Waals surface area contributed by atoms with Gasteiger partial charge in [-0.3, -0.25) is 5.10 Å². The summed E-state index contributed by atoms with van der Waals surface area (Å²) in [4.78, 5) is 3.94. The summed E-state index contributed by atoms with van der Waals surface area (Å²) in [5.74, 6) is 0.877. The van der Waals surface area contributed by atoms with Crippen LogP contribution in [-0.4, -0.2) is 15.2 Å². The van der Waals surface area contributed by atoms with Crippen LogP contribution in [0.1, 0.15) is 26.1 Å². The summed E-state index contributed by atoms with van der Waals surface area (Å²) < 4.78 is 0. The summed E-state index contributed by atoms with van der Waals surface area (Å²) in [5.41, 5.74) is 10.7. The van der Waals surface area contributed by atoms with Crippen LogP contribution in [0.4, 0.5) is 5.95 Å². The lowest BCUT2D eigenvalue weighted by Gasteiger charge is -2.18. The van der Waals surface area contributed by atoms with Crippen LogP contribution in [0.2, 0.25) is 0 Å². The van der Waals surface area contributed by atoms with Crippen LogP contribution in [0.3, 0.4) is 0 Å². The number of hydrogen-bond donors (Lipinski definition) is 3. The van der Waals surface area contributed by atoms with Gasteiger partial charge in [0.1, 0.15) is 5.82 Å². The van der Waals surface area contributed by atoms with Gasteiger partial charge in [0.25, 0.3) is 0 Å². The Labute approximate surface area is 65.2 Å². The minimum atomic E-state index is -0.454. The third-order valence-electron chi connectivity index (χ3n) is 1.78. The second-order valence-electron chi connectivity index (χ2n) is 2.81. The lowest BCUT2D eigenvalue weighted by atomic mass is 10.0. The molecule has 1 aromatic heterocycles. The van der Waals surface area contributed by atoms with Crippen LogP contribution in [0.15, 0.2) is 0 Å². The van der Waals surface area contributed by atoms with Gasteiger partial charge < -0.3 is 11.5 Å². The number of aromatic nitrogens is 3. The van der Waals surface area contributed by atoms with Crippen LogP contribution in [0.25, 0.3) is 0 Å². The second kappa shape index (κ2) is 2.50. The summed E-state index contributed by atoms with van der Waals surface area (Å²) in [6.45, 7) is 3.87. The maximum Gasteiger partial charge on any atom is 0.239 e. The summed E-state index contributed by atoms with van der Waals surface area (Å²) in [6.07, 6.45) is 0.793. The third kappa shape index (κ3) is 1.48. The van der Waals surface area contributed by atoms with Crippen molar-refractivity contribution >= 4 is 5.95 Å². The van der Waals surface area contributed by atoms with Crippen molar-refractivity contribution in [3.8, 4) is 0 Å². The van der Waals surface area contributed by atoms with Crippen molar-refractivity contribution in [3.05, 3.63) is 5.82 Å². The highest BCUT2D eigenvalue weighted by Crippen LogP contribution is 2.16. The third-order valence-corrected chi connectivity index (χ3v) is 1.78. The fraction of sp³-hybridized carbons (Fsp3) is 0.667. The maximum absolute atomic E-state index is 5.86. The van der Waals surface area contributed by atoms with E-state index in [1.165, 1.54) is 0 Å². The molecule has 0 aliphatic rings. The van der Waals surface area contributed by atoms with E-state index in [-0.39, 0.29) is 5.95 Å². The molecule has 5 N–H and O–H groups in total. The Morgan fingerprint density at radius 3 is 2.64 bits per heavy atom. The molecule has 5 heteroatoms. The van der Waals surface area contributed by atoms with Crippen LogP contribution in [-0.2, 0) is 5.54 Å². The van der Waals surface area contributed by atoms with E-state index in [1.54, 1.807) is 0 Å². The van der Waals surface area contributed by atoms with Crippen molar-refractivity contribution < 1.29 is 0 Å². The van der Waals surface area contributed by atoms with E-state index in [1.807, 2.05) is 13.8 Å². The highest BCUT2D eigenvalue weighted by atomic mass is 15.3. The molecular weight excluding hydrogens is 142 g/mol. The fourth-order valence-electron chi connectivity index (χ4n) is 0.698. The van der Waals surface area contributed by atoms with Crippen LogP contribution in [0, 0.1) is 0 Å². The van der Waals surface area contributed by atoms with Gasteiger partial charge in [-0.25, -0.2) is 0 Å². The number of H-pyrrole nitrogens is 1. The number of aromatic amines is 1. The summed E-state index contributed by atoms with van der Waals surface area (Å²) in [5, 5.41) is 6.38. The predicted molar refractivity (Wildman–Crippen MR) is 42.6 cm³/mol. The van der Waals surface area contributed by atoms with E-state index in [4.69, 9.17) is 11.5 Å². The summed E-state index contributed by atoms with van der Waals surface area (Å²) >= 11 is 0. The standard InChI is InChI=1S/C6H13N5/c1-3-6(2,8)4-9-5(7)11-10-4/h3,8H2,1-2H3,(H3,7,9,10,11). The lowest BCUT2D eigenvalue weighted by molar-refractivity contribution is 0.447. The maximum atomic E-state index is 5.86. The van der Waals surface area contributed by atoms with E-state index in [0.29, 0.717) is 5.82 Å². The number of nitrogens with two attached hydrogens (primary N) is 2. The zero-order chi connectivity index (χ0) is 8.48. The van der Waals surface area contributed by atoms with Crippen molar-refractivity contribution in [1.82, 2.24) is 15.2 Å². The van der Waals surface area contributed by atoms with Crippen LogP contribution >= 0.6 is 0 Å². The number of nitrogen functional groups attached to an aromatic ring is 1. The zero-order valence-corrected chi connectivity index (χ0v) is 6.76. The largest absolute Gasteiger partial charge is 0.367 e. The van der Waals surface area contributed by atoms with Crippen molar-refractivity contribution in [2.45, 2.75) is 25.8 Å². The van der Waals surface area contributed by atoms with Crippen LogP contribution in [0.5, 0.6) is 0 Å². The average molecular weight is 155 g/mol. The van der Waals surface area contributed by atoms with Gasteiger partial charge in [0.2, 0.25) is 5.95 Å². The molecule has 1 unspecified atom stereocenters. The molecule has 0 saturated heterocycles. The van der Waals surface area contributed by atoms with E-state index in [9.17, 15) is 0 Å². The molecule has 0 aromatic carbocycles. The molecule has 1 heterocycles. The van der Waals surface area contributed by atoms with E-state index < -0.39 is 5.54 Å². The molecule has 0 spiro atoms. The van der Waals surface area contributed by atoms with Gasteiger partial charge in [-0.1, -0.05) is 6.92 Å². The van der Waals surface area contributed by atoms with Crippen molar-refractivity contribution in [2.24, 2.45) is 5.73 Å². The number of anilines is 1. The molecule has 0 saturated carbocycles. The van der Waals surface area contributed by atoms with Gasteiger partial charge in [0.05, 0.1) is 5.54 Å². The predicted octanol–water partition coefficient (Wildman–Crippen LogP) is -0.0292.